The molecule has 6 heteroatoms. The fraction of sp³-hybridized carbons (Fsp3) is 0.250. The number of carbonyl (C=O) groups excluding carboxylic acids is 2. The summed E-state index contributed by atoms with van der Waals surface area (Å²) >= 11 is 0. The second-order valence-electron chi connectivity index (χ2n) is 7.67. The molecule has 6 nitrogen and oxygen atoms in total. The number of hydrogen-bond donors (Lipinski definition) is 0. The van der Waals surface area contributed by atoms with Gasteiger partial charge in [0.2, 0.25) is 0 Å². The molecule has 0 atom stereocenters. The molecule has 2 aromatic heterocycles. The fourth-order valence-electron chi connectivity index (χ4n) is 2.80. The lowest BCUT2D eigenvalue weighted by Gasteiger charge is -2.02. The van der Waals surface area contributed by atoms with E-state index in [1.807, 2.05) is 52.0 Å². The minimum absolute atomic E-state index is 0.0970. The zero-order chi connectivity index (χ0) is 21.7. The number of allylic oxidation sites excluding steroid dienone is 2. The number of benzene rings is 1. The highest BCUT2D eigenvalue weighted by molar-refractivity contribution is 6.07. The highest BCUT2D eigenvalue weighted by Gasteiger charge is 2.08. The summed E-state index contributed by atoms with van der Waals surface area (Å²) in [6, 6.07) is 8.05. The van der Waals surface area contributed by atoms with Gasteiger partial charge in [-0.3, -0.25) is 19.0 Å². The second-order valence-corrected chi connectivity index (χ2v) is 7.67. The normalized spacial score (nSPS) is 11.9. The van der Waals surface area contributed by atoms with Gasteiger partial charge in [-0.15, -0.1) is 0 Å². The fourth-order valence-corrected chi connectivity index (χ4v) is 2.80. The van der Waals surface area contributed by atoms with Crippen molar-refractivity contribution in [3.63, 3.8) is 0 Å². The standard InChI is InChI=1S/C24H26N4O2/c1-17(2)27-15-21(13-25-27)23(29)10-8-19-6-5-7-20(12-19)9-11-24(30)22-14-26-28(16-22)18(3)4/h5-18H,1-4H3. The summed E-state index contributed by atoms with van der Waals surface area (Å²) in [5, 5.41) is 8.40. The predicted octanol–water partition coefficient (Wildman–Crippen LogP) is 5.03. The van der Waals surface area contributed by atoms with Crippen LogP contribution in [0.25, 0.3) is 12.2 Å². The summed E-state index contributed by atoms with van der Waals surface area (Å²) in [5.41, 5.74) is 2.87. The average molecular weight is 402 g/mol. The molecule has 0 bridgehead atoms. The van der Waals surface area contributed by atoms with E-state index in [0.717, 1.165) is 11.1 Å². The number of ketones is 2. The van der Waals surface area contributed by atoms with Crippen molar-refractivity contribution < 1.29 is 9.59 Å². The van der Waals surface area contributed by atoms with E-state index in [0.29, 0.717) is 11.1 Å². The van der Waals surface area contributed by atoms with Gasteiger partial charge in [-0.2, -0.15) is 10.2 Å². The molecule has 0 spiro atoms. The lowest BCUT2D eigenvalue weighted by atomic mass is 10.1. The largest absolute Gasteiger partial charge is 0.289 e. The van der Waals surface area contributed by atoms with E-state index in [4.69, 9.17) is 0 Å². The van der Waals surface area contributed by atoms with Crippen LogP contribution in [-0.4, -0.2) is 31.1 Å². The Balaban J connectivity index is 1.67. The van der Waals surface area contributed by atoms with Crippen molar-refractivity contribution >= 4 is 23.7 Å². The number of hydrogen-bond acceptors (Lipinski definition) is 4. The Hall–Kier alpha value is -3.54. The molecular weight excluding hydrogens is 376 g/mol. The molecule has 0 amide bonds. The molecule has 0 aliphatic heterocycles. The van der Waals surface area contributed by atoms with Crippen molar-refractivity contribution in [3.8, 4) is 0 Å². The average Bonchev–Trinajstić information content (AvgIpc) is 3.40. The molecule has 3 aromatic rings. The van der Waals surface area contributed by atoms with Gasteiger partial charge in [0.25, 0.3) is 0 Å². The van der Waals surface area contributed by atoms with Crippen LogP contribution in [0.5, 0.6) is 0 Å². The Labute approximate surface area is 176 Å². The lowest BCUT2D eigenvalue weighted by Crippen LogP contribution is -2.00. The Morgan fingerprint density at radius 1 is 0.800 bits per heavy atom. The number of aromatic nitrogens is 4. The van der Waals surface area contributed by atoms with Crippen LogP contribution in [0.2, 0.25) is 0 Å². The molecule has 0 unspecified atom stereocenters. The van der Waals surface area contributed by atoms with Gasteiger partial charge in [0.05, 0.1) is 23.5 Å². The zero-order valence-electron chi connectivity index (χ0n) is 17.7. The van der Waals surface area contributed by atoms with Gasteiger partial charge >= 0.3 is 0 Å². The first-order chi connectivity index (χ1) is 14.3. The van der Waals surface area contributed by atoms with E-state index in [1.165, 1.54) is 12.2 Å². The molecule has 2 heterocycles. The van der Waals surface area contributed by atoms with Gasteiger partial charge < -0.3 is 0 Å². The molecule has 0 fully saturated rings. The van der Waals surface area contributed by atoms with Crippen LogP contribution < -0.4 is 0 Å². The van der Waals surface area contributed by atoms with Crippen LogP contribution in [0.15, 0.2) is 61.2 Å². The Bertz CT molecular complexity index is 1020. The molecule has 1 aromatic carbocycles. The third-order valence-corrected chi connectivity index (χ3v) is 4.60. The van der Waals surface area contributed by atoms with E-state index in [2.05, 4.69) is 10.2 Å². The van der Waals surface area contributed by atoms with Crippen molar-refractivity contribution in [2.24, 2.45) is 0 Å². The van der Waals surface area contributed by atoms with Crippen LogP contribution in [0, 0.1) is 0 Å². The maximum Gasteiger partial charge on any atom is 0.189 e. The van der Waals surface area contributed by atoms with Gasteiger partial charge in [0, 0.05) is 24.5 Å². The van der Waals surface area contributed by atoms with Crippen LogP contribution >= 0.6 is 0 Å². The molecule has 0 saturated carbocycles. The second kappa shape index (κ2) is 9.31. The van der Waals surface area contributed by atoms with Crippen molar-refractivity contribution in [1.82, 2.24) is 19.6 Å². The van der Waals surface area contributed by atoms with Crippen LogP contribution in [-0.2, 0) is 0 Å². The summed E-state index contributed by atoms with van der Waals surface area (Å²) in [5.74, 6) is -0.194. The van der Waals surface area contributed by atoms with Gasteiger partial charge in [-0.25, -0.2) is 0 Å². The van der Waals surface area contributed by atoms with Crippen molar-refractivity contribution in [2.45, 2.75) is 39.8 Å². The Morgan fingerprint density at radius 3 is 1.60 bits per heavy atom. The third kappa shape index (κ3) is 5.29. The quantitative estimate of drug-likeness (QED) is 0.391. The predicted molar refractivity (Wildman–Crippen MR) is 118 cm³/mol. The lowest BCUT2D eigenvalue weighted by molar-refractivity contribution is 0.103. The van der Waals surface area contributed by atoms with Gasteiger partial charge in [-0.05, 0) is 57.0 Å². The van der Waals surface area contributed by atoms with E-state index in [-0.39, 0.29) is 23.7 Å². The third-order valence-electron chi connectivity index (χ3n) is 4.60. The first-order valence-electron chi connectivity index (χ1n) is 9.96. The number of nitrogens with zero attached hydrogens (tertiary/aromatic N) is 4. The maximum atomic E-state index is 12.4. The summed E-state index contributed by atoms with van der Waals surface area (Å²) in [6.45, 7) is 8.04. The SMILES string of the molecule is CC(C)n1cc(C(=O)C=Cc2cccc(C=CC(=O)c3cnn(C(C)C)c3)c2)cn1. The molecule has 0 aliphatic carbocycles. The van der Waals surface area contributed by atoms with E-state index >= 15 is 0 Å². The Kier molecular flexibility index (Phi) is 6.57. The molecule has 3 rings (SSSR count). The molecular formula is C24H26N4O2. The molecule has 0 aliphatic rings. The molecule has 30 heavy (non-hydrogen) atoms. The first-order valence-corrected chi connectivity index (χ1v) is 9.96. The van der Waals surface area contributed by atoms with E-state index < -0.39 is 0 Å². The van der Waals surface area contributed by atoms with Gasteiger partial charge in [0.15, 0.2) is 11.6 Å². The smallest absolute Gasteiger partial charge is 0.189 e. The zero-order valence-corrected chi connectivity index (χ0v) is 17.7. The van der Waals surface area contributed by atoms with Crippen LogP contribution in [0.1, 0.15) is 71.6 Å². The highest BCUT2D eigenvalue weighted by Crippen LogP contribution is 2.12. The van der Waals surface area contributed by atoms with E-state index in [1.54, 1.807) is 46.3 Å². The van der Waals surface area contributed by atoms with Crippen molar-refractivity contribution in [1.29, 1.82) is 0 Å². The van der Waals surface area contributed by atoms with Gasteiger partial charge in [-0.1, -0.05) is 30.4 Å². The maximum absolute atomic E-state index is 12.4. The van der Waals surface area contributed by atoms with Crippen molar-refractivity contribution in [3.05, 3.63) is 83.5 Å². The molecule has 0 N–H and O–H groups in total. The molecule has 154 valence electrons. The minimum atomic E-state index is -0.0970. The van der Waals surface area contributed by atoms with Crippen LogP contribution in [0.4, 0.5) is 0 Å². The summed E-state index contributed by atoms with van der Waals surface area (Å²) in [4.78, 5) is 24.7. The van der Waals surface area contributed by atoms with Crippen molar-refractivity contribution in [2.75, 3.05) is 0 Å². The topological polar surface area (TPSA) is 69.8 Å². The molecule has 0 radical (unpaired) electrons. The first kappa shape index (κ1) is 21.2. The number of rotatable bonds is 8. The summed E-state index contributed by atoms with van der Waals surface area (Å²) < 4.78 is 3.52. The van der Waals surface area contributed by atoms with Crippen LogP contribution in [0.3, 0.4) is 0 Å². The monoisotopic (exact) mass is 402 g/mol. The minimum Gasteiger partial charge on any atom is -0.289 e. The summed E-state index contributed by atoms with van der Waals surface area (Å²) in [6.07, 6.45) is 13.3. The molecule has 0 saturated heterocycles. The van der Waals surface area contributed by atoms with Gasteiger partial charge in [0.1, 0.15) is 0 Å². The summed E-state index contributed by atoms with van der Waals surface area (Å²) in [7, 11) is 0. The van der Waals surface area contributed by atoms with E-state index in [9.17, 15) is 9.59 Å². The highest BCUT2D eigenvalue weighted by atomic mass is 16.1. The number of carbonyl (C=O) groups is 2. The Morgan fingerprint density at radius 2 is 1.23 bits per heavy atom.